The van der Waals surface area contributed by atoms with Crippen molar-refractivity contribution in [3.63, 3.8) is 0 Å². The van der Waals surface area contributed by atoms with Crippen LogP contribution in [0.3, 0.4) is 0 Å². The molecule has 1 aromatic heterocycles. The van der Waals surface area contributed by atoms with Crippen molar-refractivity contribution in [2.45, 2.75) is 19.9 Å². The average molecular weight is 529 g/mol. The molecule has 10 heteroatoms. The Morgan fingerprint density at radius 2 is 2.00 bits per heavy atom. The summed E-state index contributed by atoms with van der Waals surface area (Å²) in [5.74, 6) is 2.21. The maximum absolute atomic E-state index is 10.1. The Hall–Kier alpha value is -2.08. The molecule has 9 nitrogen and oxygen atoms in total. The van der Waals surface area contributed by atoms with Gasteiger partial charge in [-0.2, -0.15) is 0 Å². The SMILES string of the molecule is CCc1nncn1CCNC(=NCCOC)N1CCN(c2ccccc2O)CC1.I. The summed E-state index contributed by atoms with van der Waals surface area (Å²) in [5, 5.41) is 21.7. The number of para-hydroxylation sites is 2. The molecule has 3 rings (SSSR count). The summed E-state index contributed by atoms with van der Waals surface area (Å²) in [6, 6.07) is 7.49. The minimum atomic E-state index is 0. The smallest absolute Gasteiger partial charge is 0.194 e. The van der Waals surface area contributed by atoms with E-state index in [1.807, 2.05) is 18.2 Å². The van der Waals surface area contributed by atoms with Gasteiger partial charge in [0.1, 0.15) is 17.9 Å². The number of aliphatic imine (C=N–C) groups is 1. The number of anilines is 1. The van der Waals surface area contributed by atoms with Crippen LogP contribution >= 0.6 is 24.0 Å². The van der Waals surface area contributed by atoms with E-state index in [4.69, 9.17) is 9.73 Å². The van der Waals surface area contributed by atoms with Gasteiger partial charge in [-0.25, -0.2) is 0 Å². The number of piperazine rings is 1. The van der Waals surface area contributed by atoms with Crippen LogP contribution in [0.4, 0.5) is 5.69 Å². The van der Waals surface area contributed by atoms with Gasteiger partial charge in [-0.1, -0.05) is 19.1 Å². The van der Waals surface area contributed by atoms with Gasteiger partial charge in [0.25, 0.3) is 0 Å². The van der Waals surface area contributed by atoms with E-state index in [-0.39, 0.29) is 24.0 Å². The molecule has 1 fully saturated rings. The standard InChI is InChI=1S/C20H31N7O2.HI/c1-3-19-24-23-16-27(19)10-8-21-20(22-9-15-29-2)26-13-11-25(12-14-26)17-6-4-5-7-18(17)28;/h4-7,16,28H,3,8-15H2,1-2H3,(H,21,22);1H. The second kappa shape index (κ2) is 12.6. The molecule has 0 amide bonds. The Kier molecular flexibility index (Phi) is 10.1. The first-order valence-electron chi connectivity index (χ1n) is 10.1. The highest BCUT2D eigenvalue weighted by Gasteiger charge is 2.21. The topological polar surface area (TPSA) is 91.0 Å². The first-order chi connectivity index (χ1) is 14.2. The molecule has 166 valence electrons. The van der Waals surface area contributed by atoms with Gasteiger partial charge in [-0.3, -0.25) is 4.99 Å². The number of benzene rings is 1. The van der Waals surface area contributed by atoms with E-state index in [9.17, 15) is 5.11 Å². The van der Waals surface area contributed by atoms with Crippen molar-refractivity contribution in [2.24, 2.45) is 4.99 Å². The van der Waals surface area contributed by atoms with Gasteiger partial charge in [0.2, 0.25) is 0 Å². The number of phenols is 1. The Morgan fingerprint density at radius 3 is 2.70 bits per heavy atom. The van der Waals surface area contributed by atoms with Crippen molar-refractivity contribution in [1.29, 1.82) is 0 Å². The second-order valence-electron chi connectivity index (χ2n) is 6.88. The van der Waals surface area contributed by atoms with Gasteiger partial charge >= 0.3 is 0 Å². The second-order valence-corrected chi connectivity index (χ2v) is 6.88. The van der Waals surface area contributed by atoms with Crippen LogP contribution in [0.2, 0.25) is 0 Å². The number of halogens is 1. The molecule has 0 radical (unpaired) electrons. The van der Waals surface area contributed by atoms with Crippen LogP contribution in [0.25, 0.3) is 0 Å². The molecule has 1 aromatic carbocycles. The van der Waals surface area contributed by atoms with Crippen LogP contribution in [0.1, 0.15) is 12.7 Å². The number of guanidine groups is 1. The summed E-state index contributed by atoms with van der Waals surface area (Å²) >= 11 is 0. The van der Waals surface area contributed by atoms with E-state index in [2.05, 4.69) is 36.8 Å². The highest BCUT2D eigenvalue weighted by Crippen LogP contribution is 2.27. The molecule has 30 heavy (non-hydrogen) atoms. The van der Waals surface area contributed by atoms with Crippen LogP contribution < -0.4 is 10.2 Å². The molecule has 1 saturated heterocycles. The summed E-state index contributed by atoms with van der Waals surface area (Å²) in [7, 11) is 1.69. The monoisotopic (exact) mass is 529 g/mol. The number of aromatic hydroxyl groups is 1. The Morgan fingerprint density at radius 1 is 1.23 bits per heavy atom. The van der Waals surface area contributed by atoms with E-state index in [0.29, 0.717) is 18.9 Å². The average Bonchev–Trinajstić information content (AvgIpc) is 3.21. The summed E-state index contributed by atoms with van der Waals surface area (Å²) in [5.41, 5.74) is 0.887. The van der Waals surface area contributed by atoms with Crippen LogP contribution in [0.15, 0.2) is 35.6 Å². The highest BCUT2D eigenvalue weighted by molar-refractivity contribution is 14.0. The van der Waals surface area contributed by atoms with E-state index < -0.39 is 0 Å². The minimum absolute atomic E-state index is 0. The van der Waals surface area contributed by atoms with Crippen molar-refractivity contribution >= 4 is 35.6 Å². The maximum atomic E-state index is 10.1. The van der Waals surface area contributed by atoms with Gasteiger partial charge in [0, 0.05) is 52.8 Å². The molecule has 1 aliphatic rings. The summed E-state index contributed by atoms with van der Waals surface area (Å²) < 4.78 is 7.22. The van der Waals surface area contributed by atoms with Gasteiger partial charge in [-0.15, -0.1) is 34.2 Å². The zero-order chi connectivity index (χ0) is 20.5. The maximum Gasteiger partial charge on any atom is 0.194 e. The summed E-state index contributed by atoms with van der Waals surface area (Å²) in [6.07, 6.45) is 2.64. The lowest BCUT2D eigenvalue weighted by Gasteiger charge is -2.38. The van der Waals surface area contributed by atoms with Gasteiger partial charge < -0.3 is 29.5 Å². The summed E-state index contributed by atoms with van der Waals surface area (Å²) in [4.78, 5) is 9.19. The van der Waals surface area contributed by atoms with E-state index in [0.717, 1.165) is 63.2 Å². The first-order valence-corrected chi connectivity index (χ1v) is 10.1. The van der Waals surface area contributed by atoms with Crippen molar-refractivity contribution in [3.05, 3.63) is 36.4 Å². The van der Waals surface area contributed by atoms with Gasteiger partial charge in [-0.05, 0) is 12.1 Å². The van der Waals surface area contributed by atoms with Crippen molar-refractivity contribution < 1.29 is 9.84 Å². The number of hydrogen-bond donors (Lipinski definition) is 2. The molecule has 1 aliphatic heterocycles. The molecule has 0 atom stereocenters. The number of phenolic OH excluding ortho intramolecular Hbond substituents is 1. The zero-order valence-corrected chi connectivity index (χ0v) is 20.0. The Bertz CT molecular complexity index is 791. The number of rotatable bonds is 8. The minimum Gasteiger partial charge on any atom is -0.506 e. The third kappa shape index (κ3) is 6.46. The fraction of sp³-hybridized carbons (Fsp3) is 0.550. The molecular formula is C20H32IN7O2. The molecule has 0 saturated carbocycles. The molecule has 2 N–H and O–H groups in total. The van der Waals surface area contributed by atoms with Crippen molar-refractivity contribution in [1.82, 2.24) is 25.0 Å². The quantitative estimate of drug-likeness (QED) is 0.232. The molecule has 0 unspecified atom stereocenters. The highest BCUT2D eigenvalue weighted by atomic mass is 127. The molecule has 0 aliphatic carbocycles. The first kappa shape index (κ1) is 24.2. The number of nitrogens with zero attached hydrogens (tertiary/aromatic N) is 6. The third-order valence-corrected chi connectivity index (χ3v) is 5.01. The number of aryl methyl sites for hydroxylation is 1. The van der Waals surface area contributed by atoms with Gasteiger partial charge in [0.15, 0.2) is 5.96 Å². The molecular weight excluding hydrogens is 497 g/mol. The molecule has 0 bridgehead atoms. The Labute approximate surface area is 195 Å². The number of ether oxygens (including phenoxy) is 1. The predicted molar refractivity (Wildman–Crippen MR) is 129 cm³/mol. The summed E-state index contributed by atoms with van der Waals surface area (Å²) in [6.45, 7) is 8.14. The third-order valence-electron chi connectivity index (χ3n) is 5.01. The van der Waals surface area contributed by atoms with Gasteiger partial charge in [0.05, 0.1) is 18.8 Å². The van der Waals surface area contributed by atoms with Crippen LogP contribution in [0.5, 0.6) is 5.75 Å². The fourth-order valence-electron chi connectivity index (χ4n) is 3.43. The predicted octanol–water partition coefficient (Wildman–Crippen LogP) is 1.58. The lowest BCUT2D eigenvalue weighted by atomic mass is 10.2. The lowest BCUT2D eigenvalue weighted by Crippen LogP contribution is -2.53. The lowest BCUT2D eigenvalue weighted by molar-refractivity contribution is 0.207. The van der Waals surface area contributed by atoms with Crippen LogP contribution in [0, 0.1) is 0 Å². The number of nitrogens with one attached hydrogen (secondary N) is 1. The van der Waals surface area contributed by atoms with E-state index in [1.54, 1.807) is 19.5 Å². The van der Waals surface area contributed by atoms with Crippen molar-refractivity contribution in [3.8, 4) is 5.75 Å². The van der Waals surface area contributed by atoms with Crippen LogP contribution in [-0.4, -0.2) is 83.7 Å². The van der Waals surface area contributed by atoms with Crippen LogP contribution in [-0.2, 0) is 17.7 Å². The Balaban J connectivity index is 0.00000320. The molecule has 2 aromatic rings. The number of hydrogen-bond acceptors (Lipinski definition) is 6. The van der Waals surface area contributed by atoms with E-state index in [1.165, 1.54) is 0 Å². The largest absolute Gasteiger partial charge is 0.506 e. The van der Waals surface area contributed by atoms with Crippen molar-refractivity contribution in [2.75, 3.05) is 57.9 Å². The molecule has 2 heterocycles. The van der Waals surface area contributed by atoms with E-state index >= 15 is 0 Å². The normalized spacial score (nSPS) is 14.5. The molecule has 0 spiro atoms. The fourth-order valence-corrected chi connectivity index (χ4v) is 3.43. The number of aromatic nitrogens is 3. The number of methoxy groups -OCH3 is 1. The zero-order valence-electron chi connectivity index (χ0n) is 17.7.